The van der Waals surface area contributed by atoms with Gasteiger partial charge in [-0.2, -0.15) is 0 Å². The lowest BCUT2D eigenvalue weighted by molar-refractivity contribution is 0.320. The van der Waals surface area contributed by atoms with Gasteiger partial charge < -0.3 is 4.90 Å². The number of nitrogens with zero attached hydrogens (tertiary/aromatic N) is 2. The molecule has 0 saturated carbocycles. The van der Waals surface area contributed by atoms with E-state index in [-0.39, 0.29) is 0 Å². The Kier molecular flexibility index (Phi) is 3.23. The molecule has 0 spiro atoms. The molecule has 1 unspecified atom stereocenters. The van der Waals surface area contributed by atoms with Crippen molar-refractivity contribution < 1.29 is 0 Å². The van der Waals surface area contributed by atoms with E-state index in [1.165, 1.54) is 35.4 Å². The largest absolute Gasteiger partial charge is 0.349 e. The highest BCUT2D eigenvalue weighted by Gasteiger charge is 2.30. The summed E-state index contributed by atoms with van der Waals surface area (Å²) in [4.78, 5) is 7.44. The van der Waals surface area contributed by atoms with Crippen molar-refractivity contribution in [3.63, 3.8) is 0 Å². The Bertz CT molecular complexity index is 660. The van der Waals surface area contributed by atoms with E-state index in [4.69, 9.17) is 4.99 Å². The summed E-state index contributed by atoms with van der Waals surface area (Å²) >= 11 is 0. The summed E-state index contributed by atoms with van der Waals surface area (Å²) in [6, 6.07) is 20.0. The van der Waals surface area contributed by atoms with Gasteiger partial charge in [-0.1, -0.05) is 54.6 Å². The lowest BCUT2D eigenvalue weighted by Crippen LogP contribution is -2.38. The standard InChI is InChI=1S/C19H20N2/c1-2-8-15(9-3-1)19-17-11-5-4-10-16(17)14-20-18-12-6-7-13-21(18)19/h1-5,8-11,19H,6-7,12-14H2. The maximum atomic E-state index is 4.90. The van der Waals surface area contributed by atoms with Crippen LogP contribution in [0, 0.1) is 0 Å². The summed E-state index contributed by atoms with van der Waals surface area (Å²) in [5.41, 5.74) is 4.17. The normalized spacial score (nSPS) is 21.0. The van der Waals surface area contributed by atoms with Crippen molar-refractivity contribution in [2.75, 3.05) is 6.54 Å². The molecule has 0 N–H and O–H groups in total. The quantitative estimate of drug-likeness (QED) is 0.763. The van der Waals surface area contributed by atoms with Gasteiger partial charge in [-0.25, -0.2) is 0 Å². The molecule has 2 nitrogen and oxygen atoms in total. The summed E-state index contributed by atoms with van der Waals surface area (Å²) < 4.78 is 0. The van der Waals surface area contributed by atoms with Crippen LogP contribution in [0.5, 0.6) is 0 Å². The first kappa shape index (κ1) is 12.6. The molecule has 1 fully saturated rings. The van der Waals surface area contributed by atoms with Gasteiger partial charge in [0.05, 0.1) is 12.6 Å². The molecule has 2 aromatic carbocycles. The summed E-state index contributed by atoms with van der Waals surface area (Å²) in [5.74, 6) is 1.30. The van der Waals surface area contributed by atoms with Crippen LogP contribution in [0.15, 0.2) is 59.6 Å². The second kappa shape index (κ2) is 5.36. The first-order chi connectivity index (χ1) is 10.4. The Balaban J connectivity index is 1.88. The Labute approximate surface area is 126 Å². The van der Waals surface area contributed by atoms with Crippen LogP contribution in [-0.2, 0) is 6.54 Å². The van der Waals surface area contributed by atoms with E-state index in [0.717, 1.165) is 19.5 Å². The van der Waals surface area contributed by atoms with Crippen LogP contribution in [-0.4, -0.2) is 17.3 Å². The molecule has 0 amide bonds. The SMILES string of the molecule is c1ccc(C2c3ccccc3CN=C3CCCCN32)cc1. The Morgan fingerprint density at radius 1 is 0.905 bits per heavy atom. The van der Waals surface area contributed by atoms with E-state index in [0.29, 0.717) is 6.04 Å². The number of hydrogen-bond acceptors (Lipinski definition) is 2. The third-order valence-electron chi connectivity index (χ3n) is 4.59. The number of aliphatic imine (C=N–C) groups is 1. The van der Waals surface area contributed by atoms with Gasteiger partial charge in [-0.15, -0.1) is 0 Å². The highest BCUT2D eigenvalue weighted by molar-refractivity contribution is 5.84. The summed E-state index contributed by atoms with van der Waals surface area (Å²) in [5, 5.41) is 0. The topological polar surface area (TPSA) is 15.6 Å². The van der Waals surface area contributed by atoms with Crippen molar-refractivity contribution in [2.24, 2.45) is 4.99 Å². The Hall–Kier alpha value is -2.09. The maximum absolute atomic E-state index is 4.90. The minimum atomic E-state index is 0.323. The van der Waals surface area contributed by atoms with E-state index < -0.39 is 0 Å². The molecule has 4 rings (SSSR count). The molecule has 2 heteroatoms. The van der Waals surface area contributed by atoms with E-state index >= 15 is 0 Å². The van der Waals surface area contributed by atoms with Crippen molar-refractivity contribution in [2.45, 2.75) is 31.8 Å². The van der Waals surface area contributed by atoms with Crippen molar-refractivity contribution in [1.29, 1.82) is 0 Å². The molecule has 106 valence electrons. The summed E-state index contributed by atoms with van der Waals surface area (Å²) in [6.45, 7) is 1.94. The number of benzene rings is 2. The molecular formula is C19H20N2. The van der Waals surface area contributed by atoms with E-state index in [1.54, 1.807) is 0 Å². The molecule has 0 aromatic heterocycles. The molecule has 0 bridgehead atoms. The monoisotopic (exact) mass is 276 g/mol. The van der Waals surface area contributed by atoms with Crippen molar-refractivity contribution >= 4 is 5.84 Å². The van der Waals surface area contributed by atoms with Crippen LogP contribution in [0.25, 0.3) is 0 Å². The number of piperidine rings is 1. The number of fused-ring (bicyclic) bond motifs is 2. The average molecular weight is 276 g/mol. The van der Waals surface area contributed by atoms with Crippen LogP contribution < -0.4 is 0 Å². The van der Waals surface area contributed by atoms with E-state index in [1.807, 2.05) is 0 Å². The van der Waals surface area contributed by atoms with Gasteiger partial charge in [-0.3, -0.25) is 4.99 Å². The maximum Gasteiger partial charge on any atom is 0.100 e. The third kappa shape index (κ3) is 2.25. The number of hydrogen-bond donors (Lipinski definition) is 0. The summed E-state index contributed by atoms with van der Waals surface area (Å²) in [7, 11) is 0. The van der Waals surface area contributed by atoms with Gasteiger partial charge in [-0.05, 0) is 29.5 Å². The predicted molar refractivity (Wildman–Crippen MR) is 86.4 cm³/mol. The predicted octanol–water partition coefficient (Wildman–Crippen LogP) is 4.17. The minimum Gasteiger partial charge on any atom is -0.349 e. The minimum absolute atomic E-state index is 0.323. The second-order valence-electron chi connectivity index (χ2n) is 5.89. The molecule has 0 aliphatic carbocycles. The molecule has 2 aliphatic heterocycles. The Morgan fingerprint density at radius 2 is 1.71 bits per heavy atom. The number of amidine groups is 1. The van der Waals surface area contributed by atoms with Gasteiger partial charge in [0.25, 0.3) is 0 Å². The van der Waals surface area contributed by atoms with Crippen LogP contribution in [0.2, 0.25) is 0 Å². The highest BCUT2D eigenvalue weighted by Crippen LogP contribution is 2.36. The smallest absolute Gasteiger partial charge is 0.100 e. The third-order valence-corrected chi connectivity index (χ3v) is 4.59. The number of rotatable bonds is 1. The zero-order valence-corrected chi connectivity index (χ0v) is 12.2. The molecule has 2 aromatic rings. The zero-order chi connectivity index (χ0) is 14.1. The fourth-order valence-corrected chi connectivity index (χ4v) is 3.57. The molecular weight excluding hydrogens is 256 g/mol. The van der Waals surface area contributed by atoms with Crippen molar-refractivity contribution in [3.8, 4) is 0 Å². The molecule has 0 radical (unpaired) electrons. The van der Waals surface area contributed by atoms with E-state index in [9.17, 15) is 0 Å². The van der Waals surface area contributed by atoms with Crippen LogP contribution in [0.4, 0.5) is 0 Å². The van der Waals surface area contributed by atoms with Crippen LogP contribution in [0.3, 0.4) is 0 Å². The van der Waals surface area contributed by atoms with Crippen molar-refractivity contribution in [1.82, 2.24) is 4.90 Å². The van der Waals surface area contributed by atoms with Gasteiger partial charge >= 0.3 is 0 Å². The van der Waals surface area contributed by atoms with Crippen LogP contribution >= 0.6 is 0 Å². The summed E-state index contributed by atoms with van der Waals surface area (Å²) in [6.07, 6.45) is 3.66. The lowest BCUT2D eigenvalue weighted by Gasteiger charge is -2.37. The van der Waals surface area contributed by atoms with Gasteiger partial charge in [0.1, 0.15) is 5.84 Å². The Morgan fingerprint density at radius 3 is 2.62 bits per heavy atom. The van der Waals surface area contributed by atoms with Crippen molar-refractivity contribution in [3.05, 3.63) is 71.3 Å². The highest BCUT2D eigenvalue weighted by atomic mass is 15.2. The van der Waals surface area contributed by atoms with Gasteiger partial charge in [0.2, 0.25) is 0 Å². The fourth-order valence-electron chi connectivity index (χ4n) is 3.57. The lowest BCUT2D eigenvalue weighted by atomic mass is 9.92. The molecule has 2 heterocycles. The average Bonchev–Trinajstić information content (AvgIpc) is 2.72. The second-order valence-corrected chi connectivity index (χ2v) is 5.89. The zero-order valence-electron chi connectivity index (χ0n) is 12.2. The molecule has 2 aliphatic rings. The van der Waals surface area contributed by atoms with Gasteiger partial charge in [0, 0.05) is 13.0 Å². The first-order valence-electron chi connectivity index (χ1n) is 7.86. The van der Waals surface area contributed by atoms with Crippen LogP contribution in [0.1, 0.15) is 42.0 Å². The van der Waals surface area contributed by atoms with E-state index in [2.05, 4.69) is 59.5 Å². The first-order valence-corrected chi connectivity index (χ1v) is 7.86. The fraction of sp³-hybridized carbons (Fsp3) is 0.316. The molecule has 21 heavy (non-hydrogen) atoms. The van der Waals surface area contributed by atoms with Gasteiger partial charge in [0.15, 0.2) is 0 Å². The molecule has 1 atom stereocenters. The molecule has 1 saturated heterocycles.